The zero-order valence-electron chi connectivity index (χ0n) is 7.41. The maximum atomic E-state index is 8.73. The fraction of sp³-hybridized carbons (Fsp3) is 0.333. The summed E-state index contributed by atoms with van der Waals surface area (Å²) in [7, 11) is 0. The highest BCUT2D eigenvalue weighted by molar-refractivity contribution is 7.99. The van der Waals surface area contributed by atoms with Crippen molar-refractivity contribution in [1.82, 2.24) is 0 Å². The summed E-state index contributed by atoms with van der Waals surface area (Å²) in [6, 6.07) is 5.22. The molecule has 78 valence electrons. The minimum atomic E-state index is -0.200. The number of hydrogen-bond donors (Lipinski definition) is 2. The number of hydrogen-bond acceptors (Lipinski definition) is 3. The molecule has 0 aliphatic heterocycles. The van der Waals surface area contributed by atoms with Crippen molar-refractivity contribution in [3.05, 3.63) is 28.2 Å². The van der Waals surface area contributed by atoms with Crippen molar-refractivity contribution >= 4 is 35.0 Å². The van der Waals surface area contributed by atoms with Gasteiger partial charge in [0.05, 0.1) is 16.7 Å². The minimum Gasteiger partial charge on any atom is -0.395 e. The highest BCUT2D eigenvalue weighted by Gasteiger charge is 2.03. The molecule has 0 radical (unpaired) electrons. The standard InChI is InChI=1S/C9H11Cl2NOS/c10-8-2-1-7(3-9(8)11)14-5-6(12)4-13/h1-3,6,13H,4-5,12H2. The molecule has 0 heterocycles. The Kier molecular flexibility index (Phi) is 5.06. The molecule has 1 aromatic carbocycles. The van der Waals surface area contributed by atoms with E-state index in [1.807, 2.05) is 6.07 Å². The molecule has 14 heavy (non-hydrogen) atoms. The molecular formula is C9H11Cl2NOS. The largest absolute Gasteiger partial charge is 0.395 e. The van der Waals surface area contributed by atoms with Gasteiger partial charge in [-0.1, -0.05) is 23.2 Å². The van der Waals surface area contributed by atoms with Crippen molar-refractivity contribution in [2.24, 2.45) is 5.73 Å². The minimum absolute atomic E-state index is 0.00563. The van der Waals surface area contributed by atoms with Gasteiger partial charge in [-0.2, -0.15) is 0 Å². The van der Waals surface area contributed by atoms with E-state index >= 15 is 0 Å². The third-order valence-electron chi connectivity index (χ3n) is 1.59. The third-order valence-corrected chi connectivity index (χ3v) is 3.51. The molecule has 0 aliphatic carbocycles. The average molecular weight is 252 g/mol. The molecule has 1 aromatic rings. The maximum absolute atomic E-state index is 8.73. The van der Waals surface area contributed by atoms with E-state index in [1.165, 1.54) is 0 Å². The van der Waals surface area contributed by atoms with Gasteiger partial charge in [-0.15, -0.1) is 11.8 Å². The van der Waals surface area contributed by atoms with Gasteiger partial charge >= 0.3 is 0 Å². The van der Waals surface area contributed by atoms with Crippen LogP contribution < -0.4 is 5.73 Å². The lowest BCUT2D eigenvalue weighted by molar-refractivity contribution is 0.275. The van der Waals surface area contributed by atoms with Crippen molar-refractivity contribution in [2.75, 3.05) is 12.4 Å². The smallest absolute Gasteiger partial charge is 0.0603 e. The second-order valence-electron chi connectivity index (χ2n) is 2.83. The summed E-state index contributed by atoms with van der Waals surface area (Å²) in [6.07, 6.45) is 0. The van der Waals surface area contributed by atoms with E-state index in [0.717, 1.165) is 4.90 Å². The first-order chi connectivity index (χ1) is 6.63. The molecule has 0 spiro atoms. The summed E-state index contributed by atoms with van der Waals surface area (Å²) < 4.78 is 0. The highest BCUT2D eigenvalue weighted by Crippen LogP contribution is 2.27. The van der Waals surface area contributed by atoms with Gasteiger partial charge in [0.2, 0.25) is 0 Å². The molecule has 0 fully saturated rings. The van der Waals surface area contributed by atoms with Crippen LogP contribution in [-0.4, -0.2) is 23.5 Å². The number of benzene rings is 1. The topological polar surface area (TPSA) is 46.2 Å². The lowest BCUT2D eigenvalue weighted by atomic mass is 10.4. The molecule has 0 bridgehead atoms. The van der Waals surface area contributed by atoms with Gasteiger partial charge in [-0.25, -0.2) is 0 Å². The van der Waals surface area contributed by atoms with Gasteiger partial charge in [0.1, 0.15) is 0 Å². The Labute approximate surface area is 97.4 Å². The molecule has 0 saturated carbocycles. The summed E-state index contributed by atoms with van der Waals surface area (Å²) in [5.74, 6) is 0.661. The Balaban J connectivity index is 2.55. The van der Waals surface area contributed by atoms with E-state index in [9.17, 15) is 0 Å². The lowest BCUT2D eigenvalue weighted by Gasteiger charge is -2.07. The van der Waals surface area contributed by atoms with E-state index in [-0.39, 0.29) is 12.6 Å². The van der Waals surface area contributed by atoms with Crippen molar-refractivity contribution in [3.8, 4) is 0 Å². The van der Waals surface area contributed by atoms with Gasteiger partial charge in [-0.05, 0) is 18.2 Å². The van der Waals surface area contributed by atoms with Crippen molar-refractivity contribution < 1.29 is 5.11 Å². The molecule has 0 saturated heterocycles. The molecule has 5 heteroatoms. The summed E-state index contributed by atoms with van der Waals surface area (Å²) in [5.41, 5.74) is 5.56. The highest BCUT2D eigenvalue weighted by atomic mass is 35.5. The van der Waals surface area contributed by atoms with E-state index in [2.05, 4.69) is 0 Å². The summed E-state index contributed by atoms with van der Waals surface area (Å²) in [5, 5.41) is 9.81. The van der Waals surface area contributed by atoms with Crippen LogP contribution in [0.5, 0.6) is 0 Å². The van der Waals surface area contributed by atoms with Crippen LogP contribution in [0.1, 0.15) is 0 Å². The van der Waals surface area contributed by atoms with Gasteiger partial charge in [0.15, 0.2) is 0 Å². The Hall–Kier alpha value is 0.0700. The van der Waals surface area contributed by atoms with Crippen LogP contribution in [0, 0.1) is 0 Å². The normalized spacial score (nSPS) is 12.9. The zero-order valence-corrected chi connectivity index (χ0v) is 9.74. The Morgan fingerprint density at radius 2 is 2.07 bits per heavy atom. The summed E-state index contributed by atoms with van der Waals surface area (Å²) in [4.78, 5) is 1.00. The average Bonchev–Trinajstić information content (AvgIpc) is 2.19. The van der Waals surface area contributed by atoms with Crippen LogP contribution in [-0.2, 0) is 0 Å². The Morgan fingerprint density at radius 3 is 2.64 bits per heavy atom. The number of thioether (sulfide) groups is 1. The first-order valence-electron chi connectivity index (χ1n) is 4.07. The first kappa shape index (κ1) is 12.1. The Morgan fingerprint density at radius 1 is 1.36 bits per heavy atom. The van der Waals surface area contributed by atoms with Gasteiger partial charge in [0, 0.05) is 16.7 Å². The fourth-order valence-corrected chi connectivity index (χ4v) is 2.06. The number of aliphatic hydroxyl groups is 1. The molecule has 0 amide bonds. The SMILES string of the molecule is NC(CO)CSc1ccc(Cl)c(Cl)c1. The number of nitrogens with two attached hydrogens (primary N) is 1. The quantitative estimate of drug-likeness (QED) is 0.809. The third kappa shape index (κ3) is 3.67. The molecule has 1 atom stereocenters. The molecule has 2 nitrogen and oxygen atoms in total. The second kappa shape index (κ2) is 5.83. The fourth-order valence-electron chi connectivity index (χ4n) is 0.823. The summed E-state index contributed by atoms with van der Waals surface area (Å²) in [6.45, 7) is -0.00563. The van der Waals surface area contributed by atoms with E-state index in [0.29, 0.717) is 15.8 Å². The molecule has 0 aromatic heterocycles. The predicted octanol–water partition coefficient (Wildman–Crippen LogP) is 2.41. The van der Waals surface area contributed by atoms with E-state index < -0.39 is 0 Å². The first-order valence-corrected chi connectivity index (χ1v) is 5.82. The van der Waals surface area contributed by atoms with Crippen molar-refractivity contribution in [3.63, 3.8) is 0 Å². The van der Waals surface area contributed by atoms with Crippen LogP contribution in [0.15, 0.2) is 23.1 Å². The molecule has 3 N–H and O–H groups in total. The lowest BCUT2D eigenvalue weighted by Crippen LogP contribution is -2.26. The van der Waals surface area contributed by atoms with Crippen LogP contribution in [0.25, 0.3) is 0 Å². The monoisotopic (exact) mass is 251 g/mol. The van der Waals surface area contributed by atoms with E-state index in [1.54, 1.807) is 23.9 Å². The molecular weight excluding hydrogens is 241 g/mol. The van der Waals surface area contributed by atoms with Gasteiger partial charge in [-0.3, -0.25) is 0 Å². The molecule has 0 aliphatic rings. The van der Waals surface area contributed by atoms with Gasteiger partial charge in [0.25, 0.3) is 0 Å². The van der Waals surface area contributed by atoms with Crippen LogP contribution in [0.3, 0.4) is 0 Å². The predicted molar refractivity (Wildman–Crippen MR) is 62.2 cm³/mol. The molecule has 1 unspecified atom stereocenters. The molecule has 1 rings (SSSR count). The second-order valence-corrected chi connectivity index (χ2v) is 4.74. The van der Waals surface area contributed by atoms with Crippen LogP contribution in [0.2, 0.25) is 10.0 Å². The van der Waals surface area contributed by atoms with Gasteiger partial charge < -0.3 is 10.8 Å². The van der Waals surface area contributed by atoms with Crippen LogP contribution in [0.4, 0.5) is 0 Å². The van der Waals surface area contributed by atoms with Crippen molar-refractivity contribution in [1.29, 1.82) is 0 Å². The van der Waals surface area contributed by atoms with Crippen LogP contribution >= 0.6 is 35.0 Å². The summed E-state index contributed by atoms with van der Waals surface area (Å²) >= 11 is 13.1. The zero-order chi connectivity index (χ0) is 10.6. The van der Waals surface area contributed by atoms with E-state index in [4.69, 9.17) is 34.0 Å². The van der Waals surface area contributed by atoms with Crippen molar-refractivity contribution in [2.45, 2.75) is 10.9 Å². The number of halogens is 2. The number of rotatable bonds is 4. The Bertz CT molecular complexity index is 309. The number of aliphatic hydroxyl groups excluding tert-OH is 1. The maximum Gasteiger partial charge on any atom is 0.0603 e.